The standard InChI is InChI=1S/C28H23N3O3/c32-27(25-14-20-10-4-5-11-21(20)16-30-25)31-26(28(33)34-18-19-8-2-1-3-9-19)15-22-17-29-24-13-7-6-12-23(22)24/h1-14,16-17,26,29H,15,18H2,(H,31,32)/t26-/m0/s1. The first-order chi connectivity index (χ1) is 16.7. The van der Waals surface area contributed by atoms with E-state index in [0.29, 0.717) is 0 Å². The fourth-order valence-corrected chi connectivity index (χ4v) is 3.98. The summed E-state index contributed by atoms with van der Waals surface area (Å²) in [5.74, 6) is -0.921. The number of hydrogen-bond acceptors (Lipinski definition) is 4. The zero-order valence-corrected chi connectivity index (χ0v) is 18.4. The molecule has 0 aliphatic carbocycles. The van der Waals surface area contributed by atoms with Crippen molar-refractivity contribution in [2.24, 2.45) is 0 Å². The number of ether oxygens (including phenoxy) is 1. The molecular weight excluding hydrogens is 426 g/mol. The Morgan fingerprint density at radius 2 is 1.65 bits per heavy atom. The maximum absolute atomic E-state index is 13.1. The van der Waals surface area contributed by atoms with Gasteiger partial charge in [-0.15, -0.1) is 0 Å². The summed E-state index contributed by atoms with van der Waals surface area (Å²) in [5, 5.41) is 5.69. The molecule has 168 valence electrons. The minimum absolute atomic E-state index is 0.133. The number of fused-ring (bicyclic) bond motifs is 2. The van der Waals surface area contributed by atoms with Crippen LogP contribution in [0.4, 0.5) is 0 Å². The minimum atomic E-state index is -0.872. The largest absolute Gasteiger partial charge is 0.459 e. The van der Waals surface area contributed by atoms with Crippen LogP contribution in [0.2, 0.25) is 0 Å². The molecule has 0 unspecified atom stereocenters. The lowest BCUT2D eigenvalue weighted by Crippen LogP contribution is -2.43. The Hall–Kier alpha value is -4.45. The molecule has 0 spiro atoms. The number of pyridine rings is 1. The van der Waals surface area contributed by atoms with Crippen LogP contribution in [-0.4, -0.2) is 27.9 Å². The average Bonchev–Trinajstić information content (AvgIpc) is 3.30. The van der Waals surface area contributed by atoms with Crippen LogP contribution in [0.1, 0.15) is 21.6 Å². The smallest absolute Gasteiger partial charge is 0.329 e. The lowest BCUT2D eigenvalue weighted by molar-refractivity contribution is -0.147. The van der Waals surface area contributed by atoms with Crippen molar-refractivity contribution in [3.63, 3.8) is 0 Å². The van der Waals surface area contributed by atoms with Crippen LogP contribution in [-0.2, 0) is 22.6 Å². The van der Waals surface area contributed by atoms with Crippen molar-refractivity contribution in [1.82, 2.24) is 15.3 Å². The van der Waals surface area contributed by atoms with Gasteiger partial charge in [0.15, 0.2) is 0 Å². The molecule has 6 heteroatoms. The van der Waals surface area contributed by atoms with Gasteiger partial charge in [-0.05, 0) is 28.6 Å². The molecule has 5 rings (SSSR count). The number of nitrogens with one attached hydrogen (secondary N) is 2. The fourth-order valence-electron chi connectivity index (χ4n) is 3.98. The van der Waals surface area contributed by atoms with E-state index in [1.165, 1.54) is 0 Å². The van der Waals surface area contributed by atoms with Crippen LogP contribution in [0, 0.1) is 0 Å². The van der Waals surface area contributed by atoms with Crippen LogP contribution in [0.15, 0.2) is 97.3 Å². The van der Waals surface area contributed by atoms with Crippen molar-refractivity contribution in [3.8, 4) is 0 Å². The molecule has 0 saturated heterocycles. The lowest BCUT2D eigenvalue weighted by atomic mass is 10.0. The molecule has 1 amide bonds. The first-order valence-electron chi connectivity index (χ1n) is 11.1. The predicted molar refractivity (Wildman–Crippen MR) is 131 cm³/mol. The van der Waals surface area contributed by atoms with Gasteiger partial charge in [0.25, 0.3) is 5.91 Å². The summed E-state index contributed by atoms with van der Waals surface area (Å²) in [7, 11) is 0. The zero-order chi connectivity index (χ0) is 23.3. The van der Waals surface area contributed by atoms with Crippen LogP contribution in [0.25, 0.3) is 21.7 Å². The van der Waals surface area contributed by atoms with Crippen LogP contribution < -0.4 is 5.32 Å². The summed E-state index contributed by atoms with van der Waals surface area (Å²) in [6.07, 6.45) is 3.81. The summed E-state index contributed by atoms with van der Waals surface area (Å²) in [6, 6.07) is 25.8. The highest BCUT2D eigenvalue weighted by molar-refractivity contribution is 5.98. The third-order valence-corrected chi connectivity index (χ3v) is 5.78. The fraction of sp³-hybridized carbons (Fsp3) is 0.107. The van der Waals surface area contributed by atoms with Crippen LogP contribution >= 0.6 is 0 Å². The summed E-state index contributed by atoms with van der Waals surface area (Å²) in [5.41, 5.74) is 3.02. The van der Waals surface area contributed by atoms with Gasteiger partial charge in [-0.2, -0.15) is 0 Å². The van der Waals surface area contributed by atoms with Gasteiger partial charge in [0.2, 0.25) is 0 Å². The molecule has 6 nitrogen and oxygen atoms in total. The molecule has 0 fully saturated rings. The molecule has 2 aromatic heterocycles. The van der Waals surface area contributed by atoms with E-state index in [4.69, 9.17) is 4.74 Å². The van der Waals surface area contributed by atoms with Gasteiger partial charge in [0, 0.05) is 35.1 Å². The quantitative estimate of drug-likeness (QED) is 0.350. The number of rotatable bonds is 7. The van der Waals surface area contributed by atoms with E-state index in [1.807, 2.05) is 85.1 Å². The van der Waals surface area contributed by atoms with E-state index in [1.54, 1.807) is 12.3 Å². The molecule has 2 N–H and O–H groups in total. The molecule has 1 atom stereocenters. The lowest BCUT2D eigenvalue weighted by Gasteiger charge is -2.18. The number of benzene rings is 3. The van der Waals surface area contributed by atoms with E-state index in [-0.39, 0.29) is 18.7 Å². The number of hydrogen-bond donors (Lipinski definition) is 2. The van der Waals surface area contributed by atoms with Gasteiger partial charge < -0.3 is 15.0 Å². The third kappa shape index (κ3) is 4.66. The van der Waals surface area contributed by atoms with Gasteiger partial charge in [-0.25, -0.2) is 4.79 Å². The topological polar surface area (TPSA) is 84.1 Å². The molecule has 2 heterocycles. The summed E-state index contributed by atoms with van der Waals surface area (Å²) >= 11 is 0. The van der Waals surface area contributed by atoms with Crippen molar-refractivity contribution in [3.05, 3.63) is 114 Å². The van der Waals surface area contributed by atoms with E-state index in [9.17, 15) is 9.59 Å². The van der Waals surface area contributed by atoms with Gasteiger partial charge in [-0.1, -0.05) is 72.8 Å². The summed E-state index contributed by atoms with van der Waals surface area (Å²) < 4.78 is 5.57. The predicted octanol–water partition coefficient (Wildman–Crippen LogP) is 4.80. The molecule has 5 aromatic rings. The number of amides is 1. The Morgan fingerprint density at radius 3 is 2.50 bits per heavy atom. The Bertz CT molecular complexity index is 1460. The van der Waals surface area contributed by atoms with Crippen LogP contribution in [0.5, 0.6) is 0 Å². The molecule has 3 aromatic carbocycles. The number of carbonyl (C=O) groups excluding carboxylic acids is 2. The second-order valence-corrected chi connectivity index (χ2v) is 8.10. The highest BCUT2D eigenvalue weighted by atomic mass is 16.5. The number of aromatic amines is 1. The van der Waals surface area contributed by atoms with Crippen molar-refractivity contribution in [1.29, 1.82) is 0 Å². The number of H-pyrrole nitrogens is 1. The van der Waals surface area contributed by atoms with Crippen molar-refractivity contribution in [2.45, 2.75) is 19.1 Å². The summed E-state index contributed by atoms with van der Waals surface area (Å²) in [4.78, 5) is 33.7. The van der Waals surface area contributed by atoms with Gasteiger partial charge in [0.05, 0.1) is 0 Å². The maximum Gasteiger partial charge on any atom is 0.329 e. The maximum atomic E-state index is 13.1. The Kier molecular flexibility index (Phi) is 6.03. The van der Waals surface area contributed by atoms with E-state index in [0.717, 1.165) is 32.8 Å². The van der Waals surface area contributed by atoms with Crippen molar-refractivity contribution in [2.75, 3.05) is 0 Å². The highest BCUT2D eigenvalue weighted by Crippen LogP contribution is 2.20. The van der Waals surface area contributed by atoms with Crippen molar-refractivity contribution >= 4 is 33.6 Å². The number of carbonyl (C=O) groups is 2. The molecule has 0 saturated carbocycles. The Balaban J connectivity index is 1.38. The molecule has 0 bridgehead atoms. The molecule has 34 heavy (non-hydrogen) atoms. The Labute approximate surface area is 196 Å². The first-order valence-corrected chi connectivity index (χ1v) is 11.1. The van der Waals surface area contributed by atoms with E-state index in [2.05, 4.69) is 15.3 Å². The number of esters is 1. The van der Waals surface area contributed by atoms with E-state index < -0.39 is 17.9 Å². The van der Waals surface area contributed by atoms with Gasteiger partial charge in [0.1, 0.15) is 18.3 Å². The third-order valence-electron chi connectivity index (χ3n) is 5.78. The minimum Gasteiger partial charge on any atom is -0.459 e. The zero-order valence-electron chi connectivity index (χ0n) is 18.4. The molecule has 0 aliphatic rings. The Morgan fingerprint density at radius 1 is 0.912 bits per heavy atom. The SMILES string of the molecule is O=C(N[C@@H](Cc1c[nH]c2ccccc12)C(=O)OCc1ccccc1)c1cc2ccccc2cn1. The average molecular weight is 450 g/mol. The monoisotopic (exact) mass is 449 g/mol. The second-order valence-electron chi connectivity index (χ2n) is 8.10. The number of para-hydroxylation sites is 1. The first kappa shape index (κ1) is 21.4. The normalized spacial score (nSPS) is 11.9. The van der Waals surface area contributed by atoms with Crippen LogP contribution in [0.3, 0.4) is 0 Å². The highest BCUT2D eigenvalue weighted by Gasteiger charge is 2.25. The number of aromatic nitrogens is 2. The molecule has 0 radical (unpaired) electrons. The second kappa shape index (κ2) is 9.58. The molecular formula is C28H23N3O3. The van der Waals surface area contributed by atoms with Gasteiger partial charge in [-0.3, -0.25) is 9.78 Å². The number of nitrogens with zero attached hydrogens (tertiary/aromatic N) is 1. The van der Waals surface area contributed by atoms with Gasteiger partial charge >= 0.3 is 5.97 Å². The molecule has 0 aliphatic heterocycles. The van der Waals surface area contributed by atoms with Crippen molar-refractivity contribution < 1.29 is 14.3 Å². The van der Waals surface area contributed by atoms with E-state index >= 15 is 0 Å². The summed E-state index contributed by atoms with van der Waals surface area (Å²) in [6.45, 7) is 0.133.